The molecular formula is C24H29F2N3S. The van der Waals surface area contributed by atoms with Crippen molar-refractivity contribution in [2.45, 2.75) is 43.4 Å². The highest BCUT2D eigenvalue weighted by molar-refractivity contribution is 8.16. The number of nitrogens with two attached hydrogens (primary N) is 1. The van der Waals surface area contributed by atoms with Gasteiger partial charge in [0.25, 0.3) is 0 Å². The van der Waals surface area contributed by atoms with Crippen LogP contribution in [0.1, 0.15) is 44.1 Å². The number of nitrogens with zero attached hydrogens (tertiary/aromatic N) is 2. The number of allylic oxidation sites excluding steroid dienone is 6. The summed E-state index contributed by atoms with van der Waals surface area (Å²) in [4.78, 5) is -0.291. The van der Waals surface area contributed by atoms with Gasteiger partial charge < -0.3 is 5.73 Å². The Morgan fingerprint density at radius 2 is 2.17 bits per heavy atom. The molecule has 0 radical (unpaired) electrons. The summed E-state index contributed by atoms with van der Waals surface area (Å²) in [6, 6.07) is 3.54. The lowest BCUT2D eigenvalue weighted by molar-refractivity contribution is 0.234. The smallest absolute Gasteiger partial charge is 0.133 e. The molecule has 0 amide bonds. The number of hydrogen-bond acceptors (Lipinski definition) is 4. The number of unbranched alkanes of at least 4 members (excludes halogenated alkanes) is 1. The van der Waals surface area contributed by atoms with Crippen LogP contribution in [0.15, 0.2) is 71.4 Å². The van der Waals surface area contributed by atoms with Gasteiger partial charge in [0.15, 0.2) is 0 Å². The molecule has 2 aliphatic carbocycles. The summed E-state index contributed by atoms with van der Waals surface area (Å²) in [5, 5.41) is 7.08. The van der Waals surface area contributed by atoms with Crippen molar-refractivity contribution >= 4 is 16.8 Å². The van der Waals surface area contributed by atoms with E-state index in [2.05, 4.69) is 36.0 Å². The fourth-order valence-electron chi connectivity index (χ4n) is 3.95. The van der Waals surface area contributed by atoms with Crippen molar-refractivity contribution in [3.8, 4) is 0 Å². The Morgan fingerprint density at radius 3 is 2.90 bits per heavy atom. The molecule has 1 heterocycles. The molecule has 0 bridgehead atoms. The highest BCUT2D eigenvalue weighted by Gasteiger charge is 2.47. The van der Waals surface area contributed by atoms with Gasteiger partial charge in [-0.2, -0.15) is 5.10 Å². The molecule has 1 aromatic rings. The average molecular weight is 430 g/mol. The number of fused-ring (bicyclic) bond motifs is 1. The van der Waals surface area contributed by atoms with E-state index in [9.17, 15) is 8.78 Å². The lowest BCUT2D eigenvalue weighted by Gasteiger charge is -2.40. The van der Waals surface area contributed by atoms with E-state index in [1.165, 1.54) is 23.3 Å². The zero-order chi connectivity index (χ0) is 21.6. The Labute approximate surface area is 182 Å². The third-order valence-corrected chi connectivity index (χ3v) is 7.04. The molecule has 30 heavy (non-hydrogen) atoms. The molecule has 3 nitrogen and oxygen atoms in total. The molecule has 1 spiro atoms. The van der Waals surface area contributed by atoms with Crippen LogP contribution < -0.4 is 5.73 Å². The van der Waals surface area contributed by atoms with Crippen LogP contribution in [0.25, 0.3) is 0 Å². The highest BCUT2D eigenvalue weighted by Crippen LogP contribution is 2.52. The minimum atomic E-state index is -0.442. The first-order chi connectivity index (χ1) is 14.5. The Bertz CT molecular complexity index is 904. The molecule has 4 rings (SSSR count). The normalized spacial score (nSPS) is 22.4. The van der Waals surface area contributed by atoms with Crippen molar-refractivity contribution in [1.82, 2.24) is 5.01 Å². The molecule has 0 fully saturated rings. The topological polar surface area (TPSA) is 41.6 Å². The SMILES string of the molecule is C=CCCCN.CN1N=C(c2cc(F)ccc2F)SC12CCCC1=C2CC=CC=C1. The Hall–Kier alpha value is -2.18. The van der Waals surface area contributed by atoms with Crippen molar-refractivity contribution in [3.63, 3.8) is 0 Å². The van der Waals surface area contributed by atoms with Crippen LogP contribution in [0.3, 0.4) is 0 Å². The standard InChI is InChI=1S/C19H18F2N2S.C5H11N/c1-23-19(11-5-7-13-6-3-2-4-8-16(13)19)24-18(22-23)15-12-14(20)9-10-17(15)21;1-2-3-4-5-6/h2-4,6,9-10,12H,5,7-8,11H2,1H3;2H,1,3-6H2. The van der Waals surface area contributed by atoms with Crippen LogP contribution in [0.2, 0.25) is 0 Å². The molecule has 1 atom stereocenters. The van der Waals surface area contributed by atoms with E-state index in [0.29, 0.717) is 5.04 Å². The monoisotopic (exact) mass is 429 g/mol. The van der Waals surface area contributed by atoms with Crippen molar-refractivity contribution in [2.24, 2.45) is 10.8 Å². The van der Waals surface area contributed by atoms with Crippen LogP contribution in [-0.4, -0.2) is 28.5 Å². The zero-order valence-corrected chi connectivity index (χ0v) is 18.2. The summed E-state index contributed by atoms with van der Waals surface area (Å²) < 4.78 is 27.8. The Kier molecular flexibility index (Phi) is 7.67. The van der Waals surface area contributed by atoms with Crippen LogP contribution in [0.4, 0.5) is 8.78 Å². The molecule has 1 unspecified atom stereocenters. The third kappa shape index (κ3) is 4.76. The second kappa shape index (κ2) is 10.2. The molecule has 0 saturated heterocycles. The number of thioether (sulfide) groups is 1. The summed E-state index contributed by atoms with van der Waals surface area (Å²) in [5.74, 6) is -0.874. The van der Waals surface area contributed by atoms with Gasteiger partial charge in [-0.3, -0.25) is 5.01 Å². The van der Waals surface area contributed by atoms with Crippen LogP contribution in [0, 0.1) is 11.6 Å². The van der Waals surface area contributed by atoms with Crippen molar-refractivity contribution < 1.29 is 8.78 Å². The predicted octanol–water partition coefficient (Wildman–Crippen LogP) is 5.91. The van der Waals surface area contributed by atoms with Crippen LogP contribution in [0.5, 0.6) is 0 Å². The minimum Gasteiger partial charge on any atom is -0.330 e. The summed E-state index contributed by atoms with van der Waals surface area (Å²) in [6.07, 6.45) is 16.4. The molecule has 0 saturated carbocycles. The van der Waals surface area contributed by atoms with Gasteiger partial charge in [0.05, 0.1) is 0 Å². The van der Waals surface area contributed by atoms with E-state index in [0.717, 1.165) is 51.1 Å². The lowest BCUT2D eigenvalue weighted by atomic mass is 9.85. The van der Waals surface area contributed by atoms with E-state index < -0.39 is 11.6 Å². The van der Waals surface area contributed by atoms with E-state index in [1.54, 1.807) is 11.8 Å². The highest BCUT2D eigenvalue weighted by atomic mass is 32.2. The Balaban J connectivity index is 0.000000377. The zero-order valence-electron chi connectivity index (χ0n) is 17.4. The number of hydrazone groups is 1. The largest absolute Gasteiger partial charge is 0.330 e. The summed E-state index contributed by atoms with van der Waals surface area (Å²) in [7, 11) is 1.94. The molecular weight excluding hydrogens is 400 g/mol. The predicted molar refractivity (Wildman–Crippen MR) is 123 cm³/mol. The first kappa shape index (κ1) is 22.5. The van der Waals surface area contributed by atoms with E-state index in [1.807, 2.05) is 18.1 Å². The van der Waals surface area contributed by atoms with Gasteiger partial charge in [0, 0.05) is 12.6 Å². The maximum Gasteiger partial charge on any atom is 0.133 e. The van der Waals surface area contributed by atoms with Crippen LogP contribution in [-0.2, 0) is 0 Å². The maximum absolute atomic E-state index is 14.2. The lowest BCUT2D eigenvalue weighted by Crippen LogP contribution is -2.41. The minimum absolute atomic E-state index is 0.246. The number of hydrogen-bond donors (Lipinski definition) is 1. The van der Waals surface area contributed by atoms with Gasteiger partial charge in [-0.1, -0.05) is 42.1 Å². The number of halogens is 2. The first-order valence-corrected chi connectivity index (χ1v) is 11.2. The van der Waals surface area contributed by atoms with Gasteiger partial charge in [0.1, 0.15) is 21.5 Å². The maximum atomic E-state index is 14.2. The van der Waals surface area contributed by atoms with Crippen LogP contribution >= 0.6 is 11.8 Å². The van der Waals surface area contributed by atoms with Crippen molar-refractivity contribution in [2.75, 3.05) is 13.6 Å². The summed E-state index contributed by atoms with van der Waals surface area (Å²) >= 11 is 1.56. The van der Waals surface area contributed by atoms with Gasteiger partial charge in [-0.05, 0) is 74.4 Å². The van der Waals surface area contributed by atoms with E-state index in [-0.39, 0.29) is 10.4 Å². The fourth-order valence-corrected chi connectivity index (χ4v) is 5.45. The average Bonchev–Trinajstić information content (AvgIpc) is 2.91. The van der Waals surface area contributed by atoms with E-state index in [4.69, 9.17) is 5.73 Å². The van der Waals surface area contributed by atoms with E-state index >= 15 is 0 Å². The second-order valence-corrected chi connectivity index (χ2v) is 8.77. The summed E-state index contributed by atoms with van der Waals surface area (Å²) in [5.41, 5.74) is 8.10. The van der Waals surface area contributed by atoms with Gasteiger partial charge in [-0.15, -0.1) is 6.58 Å². The second-order valence-electron chi connectivity index (χ2n) is 7.51. The summed E-state index contributed by atoms with van der Waals surface area (Å²) in [6.45, 7) is 4.33. The molecule has 160 valence electrons. The van der Waals surface area contributed by atoms with Gasteiger partial charge in [0.2, 0.25) is 0 Å². The number of likely N-dealkylation sites (N-methyl/N-ethyl adjacent to an activating group) is 1. The molecule has 6 heteroatoms. The number of rotatable bonds is 4. The third-order valence-electron chi connectivity index (χ3n) is 5.49. The molecule has 1 aliphatic heterocycles. The fraction of sp³-hybridized carbons (Fsp3) is 0.375. The number of benzene rings is 1. The molecule has 3 aliphatic rings. The molecule has 2 N–H and O–H groups in total. The van der Waals surface area contributed by atoms with Crippen molar-refractivity contribution in [1.29, 1.82) is 0 Å². The van der Waals surface area contributed by atoms with Gasteiger partial charge >= 0.3 is 0 Å². The Morgan fingerprint density at radius 1 is 1.33 bits per heavy atom. The quantitative estimate of drug-likeness (QED) is 0.478. The molecule has 0 aromatic heterocycles. The van der Waals surface area contributed by atoms with Gasteiger partial charge in [-0.25, -0.2) is 8.78 Å². The molecule has 1 aromatic carbocycles. The first-order valence-electron chi connectivity index (χ1n) is 10.4. The van der Waals surface area contributed by atoms with Crippen molar-refractivity contribution in [3.05, 3.63) is 83.5 Å².